The van der Waals surface area contributed by atoms with Crippen molar-refractivity contribution in [3.8, 4) is 5.75 Å². The maximum atomic E-state index is 5.94. The molecule has 0 bridgehead atoms. The van der Waals surface area contributed by atoms with Crippen LogP contribution < -0.4 is 9.64 Å². The van der Waals surface area contributed by atoms with E-state index in [0.29, 0.717) is 5.92 Å². The van der Waals surface area contributed by atoms with Gasteiger partial charge >= 0.3 is 0 Å². The zero-order valence-electron chi connectivity index (χ0n) is 13.7. The number of nitrogens with zero attached hydrogens (tertiary/aromatic N) is 4. The first-order chi connectivity index (χ1) is 11.8. The molecule has 0 aromatic carbocycles. The van der Waals surface area contributed by atoms with Gasteiger partial charge in [0.05, 0.1) is 16.8 Å². The zero-order valence-corrected chi connectivity index (χ0v) is 14.5. The molecule has 0 saturated carbocycles. The molecule has 0 N–H and O–H groups in total. The highest BCUT2D eigenvalue weighted by Gasteiger charge is 2.22. The summed E-state index contributed by atoms with van der Waals surface area (Å²) in [5, 5.41) is 2.08. The van der Waals surface area contributed by atoms with E-state index in [-0.39, 0.29) is 0 Å². The van der Waals surface area contributed by atoms with E-state index in [1.54, 1.807) is 23.9 Å². The van der Waals surface area contributed by atoms with Crippen LogP contribution in [0.25, 0.3) is 10.2 Å². The van der Waals surface area contributed by atoms with Crippen LogP contribution in [0.5, 0.6) is 5.75 Å². The summed E-state index contributed by atoms with van der Waals surface area (Å²) < 4.78 is 7.14. The molecule has 1 aliphatic heterocycles. The second-order valence-electron chi connectivity index (χ2n) is 6.21. The number of anilines is 1. The highest BCUT2D eigenvalue weighted by molar-refractivity contribution is 7.17. The lowest BCUT2D eigenvalue weighted by molar-refractivity contribution is 0.222. The number of ether oxygens (including phenoxy) is 1. The minimum atomic E-state index is 0.593. The van der Waals surface area contributed by atoms with Gasteiger partial charge in [-0.25, -0.2) is 9.97 Å². The summed E-state index contributed by atoms with van der Waals surface area (Å²) in [6.45, 7) is 4.80. The molecule has 3 aromatic rings. The first-order valence-electron chi connectivity index (χ1n) is 8.28. The van der Waals surface area contributed by atoms with E-state index < -0.39 is 0 Å². The van der Waals surface area contributed by atoms with E-state index in [9.17, 15) is 0 Å². The van der Waals surface area contributed by atoms with Crippen molar-refractivity contribution < 1.29 is 4.74 Å². The van der Waals surface area contributed by atoms with Crippen molar-refractivity contribution in [2.24, 2.45) is 5.92 Å². The van der Waals surface area contributed by atoms with Crippen molar-refractivity contribution >= 4 is 27.4 Å². The minimum Gasteiger partial charge on any atom is -0.493 e. The van der Waals surface area contributed by atoms with E-state index >= 15 is 0 Å². The molecule has 5 nitrogen and oxygen atoms in total. The number of fused-ring (bicyclic) bond motifs is 1. The molecular formula is C18H20N4OS. The Morgan fingerprint density at radius 1 is 1.21 bits per heavy atom. The van der Waals surface area contributed by atoms with Crippen LogP contribution in [0.2, 0.25) is 0 Å². The lowest BCUT2D eigenvalue weighted by Crippen LogP contribution is -2.36. The van der Waals surface area contributed by atoms with Crippen LogP contribution >= 0.6 is 11.3 Å². The lowest BCUT2D eigenvalue weighted by atomic mass is 9.98. The molecule has 0 aliphatic carbocycles. The van der Waals surface area contributed by atoms with Crippen molar-refractivity contribution in [2.45, 2.75) is 19.8 Å². The van der Waals surface area contributed by atoms with Crippen LogP contribution in [-0.2, 0) is 0 Å². The Balaban J connectivity index is 1.36. The number of rotatable bonds is 4. The first-order valence-corrected chi connectivity index (χ1v) is 9.16. The van der Waals surface area contributed by atoms with Crippen LogP contribution in [0.15, 0.2) is 36.1 Å². The van der Waals surface area contributed by atoms with Gasteiger partial charge in [0.2, 0.25) is 0 Å². The van der Waals surface area contributed by atoms with Gasteiger partial charge in [-0.05, 0) is 43.2 Å². The van der Waals surface area contributed by atoms with Gasteiger partial charge in [-0.2, -0.15) is 0 Å². The summed E-state index contributed by atoms with van der Waals surface area (Å²) in [5.74, 6) is 2.59. The predicted molar refractivity (Wildman–Crippen MR) is 96.8 cm³/mol. The Morgan fingerprint density at radius 2 is 2.08 bits per heavy atom. The van der Waals surface area contributed by atoms with Crippen molar-refractivity contribution in [3.05, 3.63) is 41.8 Å². The summed E-state index contributed by atoms with van der Waals surface area (Å²) in [5.41, 5.74) is 2.04. The maximum absolute atomic E-state index is 5.94. The molecule has 124 valence electrons. The van der Waals surface area contributed by atoms with E-state index in [0.717, 1.165) is 55.3 Å². The topological polar surface area (TPSA) is 51.1 Å². The van der Waals surface area contributed by atoms with Crippen LogP contribution in [0.1, 0.15) is 18.5 Å². The molecule has 0 unspecified atom stereocenters. The maximum Gasteiger partial charge on any atom is 0.150 e. The normalized spacial score (nSPS) is 15.8. The van der Waals surface area contributed by atoms with E-state index in [4.69, 9.17) is 4.74 Å². The average Bonchev–Trinajstić information content (AvgIpc) is 3.09. The summed E-state index contributed by atoms with van der Waals surface area (Å²) in [6.07, 6.45) is 5.72. The van der Waals surface area contributed by atoms with Crippen LogP contribution in [-0.4, -0.2) is 34.6 Å². The largest absolute Gasteiger partial charge is 0.493 e. The molecule has 0 spiro atoms. The molecule has 0 amide bonds. The fourth-order valence-corrected chi connectivity index (χ4v) is 4.00. The van der Waals surface area contributed by atoms with E-state index in [2.05, 4.69) is 31.3 Å². The number of piperidine rings is 1. The molecule has 4 rings (SSSR count). The number of aromatic nitrogens is 3. The van der Waals surface area contributed by atoms with Crippen molar-refractivity contribution in [1.82, 2.24) is 15.0 Å². The second kappa shape index (κ2) is 6.73. The third kappa shape index (κ3) is 3.19. The van der Waals surface area contributed by atoms with E-state index in [1.807, 2.05) is 19.1 Å². The van der Waals surface area contributed by atoms with Gasteiger partial charge in [-0.3, -0.25) is 4.98 Å². The van der Waals surface area contributed by atoms with Crippen molar-refractivity contribution in [2.75, 3.05) is 24.6 Å². The number of thiophene rings is 1. The number of aryl methyl sites for hydroxylation is 1. The monoisotopic (exact) mass is 340 g/mol. The fraction of sp³-hybridized carbons (Fsp3) is 0.389. The third-order valence-corrected chi connectivity index (χ3v) is 5.39. The SMILES string of the molecule is Cc1cc(OCC2CCN(c3ncnc4ccsc34)CC2)ccn1. The Hall–Kier alpha value is -2.21. The predicted octanol–water partition coefficient (Wildman–Crippen LogP) is 3.69. The second-order valence-corrected chi connectivity index (χ2v) is 7.12. The van der Waals surface area contributed by atoms with E-state index in [1.165, 1.54) is 4.70 Å². The Kier molecular flexibility index (Phi) is 4.30. The highest BCUT2D eigenvalue weighted by atomic mass is 32.1. The number of hydrogen-bond donors (Lipinski definition) is 0. The van der Waals surface area contributed by atoms with Gasteiger partial charge in [0.1, 0.15) is 17.9 Å². The standard InChI is InChI=1S/C18H20N4OS/c1-13-10-15(2-6-19-13)23-11-14-3-7-22(8-4-14)18-17-16(5-9-24-17)20-12-21-18/h2,5-6,9-10,12,14H,3-4,7-8,11H2,1H3. The number of hydrogen-bond acceptors (Lipinski definition) is 6. The van der Waals surface area contributed by atoms with Gasteiger partial charge in [0.25, 0.3) is 0 Å². The van der Waals surface area contributed by atoms with Gasteiger partial charge in [0, 0.05) is 31.0 Å². The summed E-state index contributed by atoms with van der Waals surface area (Å²) in [6, 6.07) is 5.97. The van der Waals surface area contributed by atoms with Crippen LogP contribution in [0, 0.1) is 12.8 Å². The third-order valence-electron chi connectivity index (χ3n) is 4.49. The highest BCUT2D eigenvalue weighted by Crippen LogP contribution is 2.30. The van der Waals surface area contributed by atoms with Gasteiger partial charge in [0.15, 0.2) is 0 Å². The molecule has 1 fully saturated rings. The summed E-state index contributed by atoms with van der Waals surface area (Å²) in [4.78, 5) is 15.4. The molecule has 1 aliphatic rings. The van der Waals surface area contributed by atoms with Gasteiger partial charge in [-0.1, -0.05) is 0 Å². The molecule has 24 heavy (non-hydrogen) atoms. The summed E-state index contributed by atoms with van der Waals surface area (Å²) in [7, 11) is 0. The number of pyridine rings is 1. The van der Waals surface area contributed by atoms with Crippen LogP contribution in [0.3, 0.4) is 0 Å². The molecular weight excluding hydrogens is 320 g/mol. The van der Waals surface area contributed by atoms with Crippen molar-refractivity contribution in [1.29, 1.82) is 0 Å². The molecule has 0 radical (unpaired) electrons. The Bertz CT molecular complexity index is 827. The minimum absolute atomic E-state index is 0.593. The first kappa shape index (κ1) is 15.3. The average molecular weight is 340 g/mol. The molecule has 4 heterocycles. The molecule has 0 atom stereocenters. The van der Waals surface area contributed by atoms with Crippen LogP contribution in [0.4, 0.5) is 5.82 Å². The molecule has 3 aromatic heterocycles. The lowest BCUT2D eigenvalue weighted by Gasteiger charge is -2.32. The Morgan fingerprint density at radius 3 is 2.92 bits per heavy atom. The Labute approximate surface area is 145 Å². The zero-order chi connectivity index (χ0) is 16.4. The smallest absolute Gasteiger partial charge is 0.150 e. The van der Waals surface area contributed by atoms with Gasteiger partial charge in [-0.15, -0.1) is 11.3 Å². The van der Waals surface area contributed by atoms with Crippen molar-refractivity contribution in [3.63, 3.8) is 0 Å². The fourth-order valence-electron chi connectivity index (χ4n) is 3.14. The summed E-state index contributed by atoms with van der Waals surface area (Å²) >= 11 is 1.72. The molecule has 1 saturated heterocycles. The quantitative estimate of drug-likeness (QED) is 0.725. The van der Waals surface area contributed by atoms with Gasteiger partial charge < -0.3 is 9.64 Å². The molecule has 6 heteroatoms.